The van der Waals surface area contributed by atoms with Gasteiger partial charge < -0.3 is 0 Å². The van der Waals surface area contributed by atoms with Crippen molar-refractivity contribution in [1.29, 1.82) is 0 Å². The predicted octanol–water partition coefficient (Wildman–Crippen LogP) is 5.46. The maximum atomic E-state index is 12.0. The van der Waals surface area contributed by atoms with E-state index in [0.717, 1.165) is 21.9 Å². The molecule has 0 atom stereocenters. The first kappa shape index (κ1) is 18.0. The maximum Gasteiger partial charge on any atom is 0.294 e. The third-order valence-corrected chi connectivity index (χ3v) is 5.19. The Labute approximate surface area is 139 Å². The molecule has 0 bridgehead atoms. The van der Waals surface area contributed by atoms with E-state index >= 15 is 0 Å². The van der Waals surface area contributed by atoms with Gasteiger partial charge in [0.15, 0.2) is 0 Å². The van der Waals surface area contributed by atoms with Gasteiger partial charge in [0, 0.05) is 0 Å². The lowest BCUT2D eigenvalue weighted by molar-refractivity contribution is 0.481. The van der Waals surface area contributed by atoms with Gasteiger partial charge in [-0.05, 0) is 51.3 Å². The van der Waals surface area contributed by atoms with Gasteiger partial charge in [-0.15, -0.1) is 0 Å². The highest BCUT2D eigenvalue weighted by molar-refractivity contribution is 7.85. The van der Waals surface area contributed by atoms with Crippen molar-refractivity contribution in [3.8, 4) is 0 Å². The van der Waals surface area contributed by atoms with Gasteiger partial charge in [-0.3, -0.25) is 4.55 Å². The molecule has 0 aliphatic carbocycles. The molecule has 23 heavy (non-hydrogen) atoms. The highest BCUT2D eigenvalue weighted by Gasteiger charge is 2.26. The van der Waals surface area contributed by atoms with Crippen molar-refractivity contribution in [3.05, 3.63) is 41.0 Å². The topological polar surface area (TPSA) is 54.4 Å². The molecule has 0 unspecified atom stereocenters. The minimum absolute atomic E-state index is 0.00828. The number of benzene rings is 2. The van der Waals surface area contributed by atoms with Gasteiger partial charge in [0.1, 0.15) is 0 Å². The van der Waals surface area contributed by atoms with E-state index < -0.39 is 10.1 Å². The van der Waals surface area contributed by atoms with E-state index in [2.05, 4.69) is 33.8 Å². The monoisotopic (exact) mass is 334 g/mol. The third kappa shape index (κ3) is 3.29. The highest BCUT2D eigenvalue weighted by atomic mass is 32.2. The second-order valence-corrected chi connectivity index (χ2v) is 8.48. The summed E-state index contributed by atoms with van der Waals surface area (Å²) in [6.45, 7) is 12.4. The summed E-state index contributed by atoms with van der Waals surface area (Å²) in [4.78, 5) is 0.0459. The zero-order valence-electron chi connectivity index (χ0n) is 14.7. The van der Waals surface area contributed by atoms with Gasteiger partial charge in [0.05, 0.1) is 4.90 Å². The van der Waals surface area contributed by atoms with Crippen molar-refractivity contribution < 1.29 is 13.0 Å². The molecule has 2 aromatic carbocycles. The molecule has 1 N–H and O–H groups in total. The highest BCUT2D eigenvalue weighted by Crippen LogP contribution is 2.40. The molecule has 0 aromatic heterocycles. The van der Waals surface area contributed by atoms with Crippen molar-refractivity contribution in [1.82, 2.24) is 0 Å². The zero-order valence-corrected chi connectivity index (χ0v) is 15.5. The molecule has 0 heterocycles. The largest absolute Gasteiger partial charge is 0.294 e. The minimum Gasteiger partial charge on any atom is -0.282 e. The molecule has 0 saturated heterocycles. The van der Waals surface area contributed by atoms with Crippen molar-refractivity contribution in [3.63, 3.8) is 0 Å². The molecule has 2 rings (SSSR count). The third-order valence-electron chi connectivity index (χ3n) is 4.30. The molecule has 0 amide bonds. The van der Waals surface area contributed by atoms with Crippen molar-refractivity contribution >= 4 is 20.9 Å². The lowest BCUT2D eigenvalue weighted by Crippen LogP contribution is -2.11. The zero-order chi connectivity index (χ0) is 17.5. The molecule has 0 aliphatic heterocycles. The molecular formula is C19H26O3S. The summed E-state index contributed by atoms with van der Waals surface area (Å²) in [5.41, 5.74) is 2.99. The first-order valence-electron chi connectivity index (χ1n) is 8.12. The van der Waals surface area contributed by atoms with Gasteiger partial charge >= 0.3 is 0 Å². The predicted molar refractivity (Wildman–Crippen MR) is 96.0 cm³/mol. The standard InChI is InChI=1S/C19H26O3S/c1-11(2)15-9-7-8-14-10-16(23(20,21)22)17(12(3)4)18(13(5)6)19(14)15/h7-13H,1-6H3,(H,20,21,22). The Morgan fingerprint density at radius 2 is 1.43 bits per heavy atom. The first-order chi connectivity index (χ1) is 10.6. The summed E-state index contributed by atoms with van der Waals surface area (Å²) >= 11 is 0. The van der Waals surface area contributed by atoms with E-state index in [-0.39, 0.29) is 16.7 Å². The molecular weight excluding hydrogens is 308 g/mol. The summed E-state index contributed by atoms with van der Waals surface area (Å²) in [5, 5.41) is 2.01. The van der Waals surface area contributed by atoms with Gasteiger partial charge in [-0.1, -0.05) is 59.7 Å². The first-order valence-corrected chi connectivity index (χ1v) is 9.56. The summed E-state index contributed by atoms with van der Waals surface area (Å²) < 4.78 is 33.6. The van der Waals surface area contributed by atoms with Gasteiger partial charge in [0.2, 0.25) is 0 Å². The SMILES string of the molecule is CC(C)c1c(S(=O)(=O)O)cc2cccc(C(C)C)c2c1C(C)C. The Morgan fingerprint density at radius 3 is 1.87 bits per heavy atom. The smallest absolute Gasteiger partial charge is 0.282 e. The van der Waals surface area contributed by atoms with E-state index in [9.17, 15) is 13.0 Å². The van der Waals surface area contributed by atoms with Gasteiger partial charge in [0.25, 0.3) is 10.1 Å². The van der Waals surface area contributed by atoms with Crippen LogP contribution in [0, 0.1) is 0 Å². The van der Waals surface area contributed by atoms with E-state index in [1.165, 1.54) is 5.56 Å². The molecule has 0 aliphatic rings. The Kier molecular flexibility index (Phi) is 4.88. The second-order valence-electron chi connectivity index (χ2n) is 7.09. The Bertz CT molecular complexity index is 831. The van der Waals surface area contributed by atoms with Crippen molar-refractivity contribution in [2.45, 2.75) is 64.2 Å². The number of hydrogen-bond donors (Lipinski definition) is 1. The van der Waals surface area contributed by atoms with Crippen LogP contribution in [-0.4, -0.2) is 13.0 Å². The number of rotatable bonds is 4. The fourth-order valence-corrected chi connectivity index (χ4v) is 4.30. The molecule has 0 radical (unpaired) electrons. The molecule has 2 aromatic rings. The summed E-state index contributed by atoms with van der Waals surface area (Å²) in [5.74, 6) is 0.512. The normalized spacial score (nSPS) is 12.8. The molecule has 0 spiro atoms. The van der Waals surface area contributed by atoms with Gasteiger partial charge in [-0.2, -0.15) is 8.42 Å². The molecule has 126 valence electrons. The van der Waals surface area contributed by atoms with E-state index in [0.29, 0.717) is 5.92 Å². The summed E-state index contributed by atoms with van der Waals surface area (Å²) in [7, 11) is -4.26. The Morgan fingerprint density at radius 1 is 0.870 bits per heavy atom. The quantitative estimate of drug-likeness (QED) is 0.756. The Balaban J connectivity index is 3.13. The van der Waals surface area contributed by atoms with Crippen molar-refractivity contribution in [2.75, 3.05) is 0 Å². The van der Waals surface area contributed by atoms with Crippen LogP contribution in [0.25, 0.3) is 10.8 Å². The number of fused-ring (bicyclic) bond motifs is 1. The van der Waals surface area contributed by atoms with Crippen LogP contribution in [0.1, 0.15) is 76.0 Å². The maximum absolute atomic E-state index is 12.0. The van der Waals surface area contributed by atoms with E-state index in [1.807, 2.05) is 26.0 Å². The van der Waals surface area contributed by atoms with E-state index in [4.69, 9.17) is 0 Å². The fraction of sp³-hybridized carbons (Fsp3) is 0.474. The average Bonchev–Trinajstić information content (AvgIpc) is 2.42. The van der Waals surface area contributed by atoms with E-state index in [1.54, 1.807) is 6.07 Å². The number of hydrogen-bond acceptors (Lipinski definition) is 2. The summed E-state index contributed by atoms with van der Waals surface area (Å²) in [6, 6.07) is 7.60. The van der Waals surface area contributed by atoms with Crippen LogP contribution in [0.15, 0.2) is 29.2 Å². The fourth-order valence-electron chi connectivity index (χ4n) is 3.40. The van der Waals surface area contributed by atoms with Crippen LogP contribution in [0.4, 0.5) is 0 Å². The van der Waals surface area contributed by atoms with Crippen LogP contribution in [0.5, 0.6) is 0 Å². The van der Waals surface area contributed by atoms with Crippen LogP contribution in [-0.2, 0) is 10.1 Å². The van der Waals surface area contributed by atoms with Crippen LogP contribution >= 0.6 is 0 Å². The van der Waals surface area contributed by atoms with Crippen LogP contribution in [0.3, 0.4) is 0 Å². The minimum atomic E-state index is -4.26. The second kappa shape index (κ2) is 6.25. The molecule has 3 nitrogen and oxygen atoms in total. The van der Waals surface area contributed by atoms with Crippen LogP contribution in [0.2, 0.25) is 0 Å². The van der Waals surface area contributed by atoms with Gasteiger partial charge in [-0.25, -0.2) is 0 Å². The summed E-state index contributed by atoms with van der Waals surface area (Å²) in [6.07, 6.45) is 0. The average molecular weight is 334 g/mol. The lowest BCUT2D eigenvalue weighted by Gasteiger charge is -2.24. The lowest BCUT2D eigenvalue weighted by atomic mass is 9.83. The molecule has 0 saturated carbocycles. The molecule has 0 fully saturated rings. The van der Waals surface area contributed by atoms with Crippen LogP contribution < -0.4 is 0 Å². The Hall–Kier alpha value is -1.39. The molecule has 4 heteroatoms. The van der Waals surface area contributed by atoms with Crippen molar-refractivity contribution in [2.24, 2.45) is 0 Å².